The van der Waals surface area contributed by atoms with Crippen LogP contribution in [0.4, 0.5) is 0 Å². The maximum absolute atomic E-state index is 12.1. The zero-order chi connectivity index (χ0) is 15.1. The number of fused-ring (bicyclic) bond motifs is 2. The number of amides is 1. The molecule has 7 nitrogen and oxygen atoms in total. The zero-order valence-electron chi connectivity index (χ0n) is 12.8. The van der Waals surface area contributed by atoms with E-state index in [9.17, 15) is 4.79 Å². The van der Waals surface area contributed by atoms with Gasteiger partial charge < -0.3 is 29.6 Å². The van der Waals surface area contributed by atoms with Crippen LogP contribution in [0.3, 0.4) is 0 Å². The van der Waals surface area contributed by atoms with Crippen LogP contribution in [0.15, 0.2) is 0 Å². The molecular weight excluding hydrogens is 276 g/mol. The first-order chi connectivity index (χ1) is 9.97. The second kappa shape index (κ2) is 5.48. The van der Waals surface area contributed by atoms with Gasteiger partial charge in [-0.05, 0) is 33.2 Å². The molecule has 0 aliphatic carbocycles. The quantitative estimate of drug-likeness (QED) is 0.745. The van der Waals surface area contributed by atoms with Gasteiger partial charge in [0.25, 0.3) is 0 Å². The van der Waals surface area contributed by atoms with Crippen LogP contribution >= 0.6 is 0 Å². The molecule has 2 N–H and O–H groups in total. The van der Waals surface area contributed by atoms with Crippen molar-refractivity contribution in [3.63, 3.8) is 0 Å². The molecule has 0 spiro atoms. The molecule has 0 saturated carbocycles. The molecule has 21 heavy (non-hydrogen) atoms. The maximum Gasteiger partial charge on any atom is 0.237 e. The van der Waals surface area contributed by atoms with Crippen molar-refractivity contribution < 1.29 is 23.7 Å². The maximum atomic E-state index is 12.1. The molecule has 3 aliphatic rings. The summed E-state index contributed by atoms with van der Waals surface area (Å²) in [6, 6.07) is -0.0894. The lowest BCUT2D eigenvalue weighted by molar-refractivity contribution is -0.406. The van der Waals surface area contributed by atoms with Gasteiger partial charge in [0.2, 0.25) is 17.5 Å². The van der Waals surface area contributed by atoms with Crippen molar-refractivity contribution >= 4 is 5.91 Å². The molecule has 3 fully saturated rings. The summed E-state index contributed by atoms with van der Waals surface area (Å²) in [5.74, 6) is -1.87. The van der Waals surface area contributed by atoms with Crippen molar-refractivity contribution in [3.05, 3.63) is 0 Å². The second-order valence-electron chi connectivity index (χ2n) is 6.11. The van der Waals surface area contributed by atoms with Crippen molar-refractivity contribution in [2.24, 2.45) is 0 Å². The van der Waals surface area contributed by atoms with Crippen molar-refractivity contribution in [1.29, 1.82) is 0 Å². The Balaban J connectivity index is 1.60. The molecule has 0 unspecified atom stereocenters. The first-order valence-electron chi connectivity index (χ1n) is 7.53. The summed E-state index contributed by atoms with van der Waals surface area (Å²) in [6.07, 6.45) is 1.46. The highest BCUT2D eigenvalue weighted by Gasteiger charge is 2.61. The molecule has 3 heterocycles. The fourth-order valence-electron chi connectivity index (χ4n) is 3.13. The molecule has 3 saturated heterocycles. The fraction of sp³-hybridized carbons (Fsp3) is 0.929. The lowest BCUT2D eigenvalue weighted by Gasteiger charge is -2.46. The molecule has 0 aromatic heterocycles. The van der Waals surface area contributed by atoms with Crippen LogP contribution in [0.5, 0.6) is 0 Å². The third-order valence-corrected chi connectivity index (χ3v) is 4.76. The van der Waals surface area contributed by atoms with E-state index in [2.05, 4.69) is 10.6 Å². The van der Waals surface area contributed by atoms with E-state index >= 15 is 0 Å². The van der Waals surface area contributed by atoms with Gasteiger partial charge in [0.05, 0.1) is 12.6 Å². The molecule has 120 valence electrons. The Hall–Kier alpha value is -0.730. The van der Waals surface area contributed by atoms with Crippen LogP contribution in [-0.2, 0) is 23.7 Å². The predicted octanol–water partition coefficient (Wildman–Crippen LogP) is -0.252. The second-order valence-corrected chi connectivity index (χ2v) is 6.11. The molecule has 0 aromatic carbocycles. The van der Waals surface area contributed by atoms with Crippen LogP contribution < -0.4 is 10.6 Å². The van der Waals surface area contributed by atoms with Crippen molar-refractivity contribution in [1.82, 2.24) is 10.6 Å². The number of hydrogen-bond acceptors (Lipinski definition) is 6. The van der Waals surface area contributed by atoms with Crippen molar-refractivity contribution in [2.75, 3.05) is 26.8 Å². The van der Waals surface area contributed by atoms with Gasteiger partial charge >= 0.3 is 0 Å². The van der Waals surface area contributed by atoms with Crippen LogP contribution in [0, 0.1) is 0 Å². The van der Waals surface area contributed by atoms with E-state index < -0.39 is 11.6 Å². The van der Waals surface area contributed by atoms with Crippen LogP contribution in [0.2, 0.25) is 0 Å². The summed E-state index contributed by atoms with van der Waals surface area (Å²) in [7, 11) is 1.56. The normalized spacial score (nSPS) is 45.8. The van der Waals surface area contributed by atoms with Gasteiger partial charge in [0.15, 0.2) is 0 Å². The van der Waals surface area contributed by atoms with E-state index in [4.69, 9.17) is 18.9 Å². The van der Waals surface area contributed by atoms with Gasteiger partial charge in [-0.3, -0.25) is 4.79 Å². The third kappa shape index (κ3) is 2.57. The first kappa shape index (κ1) is 15.2. The highest BCUT2D eigenvalue weighted by Crippen LogP contribution is 2.43. The fourth-order valence-corrected chi connectivity index (χ4v) is 3.13. The Bertz CT molecular complexity index is 414. The minimum atomic E-state index is -0.985. The standard InChI is InChI=1S/C14H24N2O5/c1-13(18-3)14(2)19-8-11(21-14)10(20-13)7-16-12(17)9-5-4-6-15-9/h9-11,15H,4-8H2,1-3H3,(H,16,17)/t9-,10-,11+,13+,14+/m0/s1. The number of carbonyl (C=O) groups is 1. The van der Waals surface area contributed by atoms with Crippen molar-refractivity contribution in [2.45, 2.75) is 56.5 Å². The number of hydrogen-bond donors (Lipinski definition) is 2. The van der Waals surface area contributed by atoms with Crippen LogP contribution in [0.1, 0.15) is 26.7 Å². The Labute approximate surface area is 124 Å². The molecule has 3 rings (SSSR count). The minimum absolute atomic E-state index is 0.0162. The zero-order valence-corrected chi connectivity index (χ0v) is 12.8. The van der Waals surface area contributed by atoms with Crippen molar-refractivity contribution in [3.8, 4) is 0 Å². The molecule has 3 aliphatic heterocycles. The average Bonchev–Trinajstić information content (AvgIpc) is 3.11. The van der Waals surface area contributed by atoms with E-state index in [1.54, 1.807) is 14.0 Å². The predicted molar refractivity (Wildman–Crippen MR) is 73.6 cm³/mol. The summed E-state index contributed by atoms with van der Waals surface area (Å²) in [5, 5.41) is 6.11. The van der Waals surface area contributed by atoms with Crippen LogP contribution in [-0.4, -0.2) is 62.5 Å². The SMILES string of the molecule is CO[C@]1(C)O[C@@H](CNC(=O)[C@@H]2CCCN2)[C@H]2CO[C@]1(C)O2. The van der Waals surface area contributed by atoms with Gasteiger partial charge in [-0.2, -0.15) is 0 Å². The van der Waals surface area contributed by atoms with Gasteiger partial charge in [-0.15, -0.1) is 0 Å². The summed E-state index contributed by atoms with van der Waals surface area (Å²) in [5.41, 5.74) is 0. The Morgan fingerprint density at radius 2 is 2.24 bits per heavy atom. The van der Waals surface area contributed by atoms with Gasteiger partial charge in [0.1, 0.15) is 12.2 Å². The lowest BCUT2D eigenvalue weighted by Crippen LogP contribution is -2.62. The third-order valence-electron chi connectivity index (χ3n) is 4.76. The Morgan fingerprint density at radius 1 is 1.43 bits per heavy atom. The molecule has 0 radical (unpaired) electrons. The van der Waals surface area contributed by atoms with Gasteiger partial charge in [-0.25, -0.2) is 0 Å². The van der Waals surface area contributed by atoms with E-state index in [1.165, 1.54) is 0 Å². The molecule has 5 atom stereocenters. The molecule has 1 amide bonds. The Kier molecular flexibility index (Phi) is 3.96. The van der Waals surface area contributed by atoms with Gasteiger partial charge in [-0.1, -0.05) is 0 Å². The van der Waals surface area contributed by atoms with Gasteiger partial charge in [0, 0.05) is 13.7 Å². The first-order valence-corrected chi connectivity index (χ1v) is 7.53. The average molecular weight is 300 g/mol. The van der Waals surface area contributed by atoms with E-state index in [0.29, 0.717) is 13.2 Å². The Morgan fingerprint density at radius 3 is 2.90 bits per heavy atom. The number of methoxy groups -OCH3 is 1. The smallest absolute Gasteiger partial charge is 0.237 e. The topological polar surface area (TPSA) is 78.1 Å². The van der Waals surface area contributed by atoms with Crippen LogP contribution in [0.25, 0.3) is 0 Å². The largest absolute Gasteiger partial charge is 0.352 e. The molecular formula is C14H24N2O5. The molecule has 2 bridgehead atoms. The number of carbonyl (C=O) groups excluding carboxylic acids is 1. The summed E-state index contributed by atoms with van der Waals surface area (Å²) in [6.45, 7) is 5.34. The summed E-state index contributed by atoms with van der Waals surface area (Å²) >= 11 is 0. The minimum Gasteiger partial charge on any atom is -0.352 e. The highest BCUT2D eigenvalue weighted by molar-refractivity contribution is 5.82. The monoisotopic (exact) mass is 300 g/mol. The number of nitrogens with one attached hydrogen (secondary N) is 2. The number of rotatable bonds is 4. The van der Waals surface area contributed by atoms with E-state index in [0.717, 1.165) is 19.4 Å². The lowest BCUT2D eigenvalue weighted by atomic mass is 10.1. The summed E-state index contributed by atoms with van der Waals surface area (Å²) in [4.78, 5) is 12.1. The summed E-state index contributed by atoms with van der Waals surface area (Å²) < 4.78 is 23.1. The molecule has 7 heteroatoms. The number of ether oxygens (including phenoxy) is 4. The van der Waals surface area contributed by atoms with E-state index in [1.807, 2.05) is 6.92 Å². The highest BCUT2D eigenvalue weighted by atomic mass is 16.8. The molecule has 0 aromatic rings. The van der Waals surface area contributed by atoms with E-state index in [-0.39, 0.29) is 24.2 Å².